The summed E-state index contributed by atoms with van der Waals surface area (Å²) in [6.45, 7) is 8.09. The van der Waals surface area contributed by atoms with E-state index < -0.39 is 5.41 Å². The van der Waals surface area contributed by atoms with Crippen LogP contribution in [0.1, 0.15) is 46.5 Å². The van der Waals surface area contributed by atoms with Crippen LogP contribution in [0.15, 0.2) is 0 Å². The van der Waals surface area contributed by atoms with Gasteiger partial charge in [0, 0.05) is 31.7 Å². The molecule has 2 unspecified atom stereocenters. The minimum Gasteiger partial charge on any atom is -0.396 e. The van der Waals surface area contributed by atoms with E-state index >= 15 is 0 Å². The normalized spacial score (nSPS) is 26.5. The number of hydrogen-bond acceptors (Lipinski definition) is 3. The molecule has 2 aliphatic heterocycles. The molecule has 0 aromatic heterocycles. The minimum atomic E-state index is -0.437. The fourth-order valence-electron chi connectivity index (χ4n) is 3.36. The van der Waals surface area contributed by atoms with E-state index in [-0.39, 0.29) is 24.5 Å². The van der Waals surface area contributed by atoms with Crippen LogP contribution in [0.5, 0.6) is 0 Å². The molecule has 0 spiro atoms. The third-order valence-electron chi connectivity index (χ3n) is 4.58. The van der Waals surface area contributed by atoms with Crippen molar-refractivity contribution in [2.24, 2.45) is 11.3 Å². The molecular weight excluding hydrogens is 268 g/mol. The zero-order valence-electron chi connectivity index (χ0n) is 13.5. The van der Waals surface area contributed by atoms with Crippen LogP contribution in [0.4, 0.5) is 0 Å². The van der Waals surface area contributed by atoms with Crippen LogP contribution in [0.25, 0.3) is 0 Å². The van der Waals surface area contributed by atoms with Crippen LogP contribution in [0.3, 0.4) is 0 Å². The number of aliphatic hydroxyl groups is 1. The topological polar surface area (TPSA) is 60.9 Å². The Morgan fingerprint density at radius 3 is 2.52 bits per heavy atom. The van der Waals surface area contributed by atoms with Gasteiger partial charge in [-0.05, 0) is 31.6 Å². The maximum absolute atomic E-state index is 12.7. The highest BCUT2D eigenvalue weighted by Gasteiger charge is 2.41. The molecule has 0 aromatic rings. The van der Waals surface area contributed by atoms with Crippen molar-refractivity contribution in [3.05, 3.63) is 0 Å². The first-order valence-electron chi connectivity index (χ1n) is 8.05. The van der Waals surface area contributed by atoms with Crippen molar-refractivity contribution in [3.63, 3.8) is 0 Å². The van der Waals surface area contributed by atoms with Gasteiger partial charge in [-0.15, -0.1) is 0 Å². The number of aliphatic hydroxyl groups excluding tert-OH is 1. The predicted octanol–water partition coefficient (Wildman–Crippen LogP) is 1.25. The largest absolute Gasteiger partial charge is 0.396 e. The molecule has 2 saturated heterocycles. The SMILES string of the molecule is CC(C)(C)C(=O)N1CCCC1C(=O)N1CCC(CCO)C1. The molecule has 1 N–H and O–H groups in total. The molecule has 2 atom stereocenters. The molecule has 0 aliphatic carbocycles. The van der Waals surface area contributed by atoms with Crippen molar-refractivity contribution in [1.29, 1.82) is 0 Å². The van der Waals surface area contributed by atoms with Crippen molar-refractivity contribution in [2.45, 2.75) is 52.5 Å². The summed E-state index contributed by atoms with van der Waals surface area (Å²) < 4.78 is 0. The number of rotatable bonds is 3. The second-order valence-corrected chi connectivity index (χ2v) is 7.36. The third-order valence-corrected chi connectivity index (χ3v) is 4.58. The average molecular weight is 296 g/mol. The third kappa shape index (κ3) is 3.57. The molecule has 0 radical (unpaired) electrons. The molecule has 21 heavy (non-hydrogen) atoms. The quantitative estimate of drug-likeness (QED) is 0.853. The number of carbonyl (C=O) groups excluding carboxylic acids is 2. The Morgan fingerprint density at radius 2 is 1.90 bits per heavy atom. The number of hydrogen-bond donors (Lipinski definition) is 1. The summed E-state index contributed by atoms with van der Waals surface area (Å²) in [6.07, 6.45) is 3.42. The zero-order valence-corrected chi connectivity index (χ0v) is 13.5. The van der Waals surface area contributed by atoms with Crippen molar-refractivity contribution >= 4 is 11.8 Å². The van der Waals surface area contributed by atoms with Gasteiger partial charge in [-0.1, -0.05) is 20.8 Å². The van der Waals surface area contributed by atoms with Gasteiger partial charge in [0.1, 0.15) is 6.04 Å². The van der Waals surface area contributed by atoms with E-state index in [9.17, 15) is 9.59 Å². The molecule has 0 saturated carbocycles. The fraction of sp³-hybridized carbons (Fsp3) is 0.875. The van der Waals surface area contributed by atoms with E-state index in [1.165, 1.54) is 0 Å². The van der Waals surface area contributed by atoms with Gasteiger partial charge in [0.25, 0.3) is 0 Å². The molecule has 5 heteroatoms. The van der Waals surface area contributed by atoms with Gasteiger partial charge in [0.05, 0.1) is 0 Å². The Hall–Kier alpha value is -1.10. The highest BCUT2D eigenvalue weighted by Crippen LogP contribution is 2.28. The molecule has 2 rings (SSSR count). The van der Waals surface area contributed by atoms with E-state index in [1.807, 2.05) is 25.7 Å². The van der Waals surface area contributed by atoms with Crippen LogP contribution < -0.4 is 0 Å². The highest BCUT2D eigenvalue weighted by atomic mass is 16.3. The molecule has 5 nitrogen and oxygen atoms in total. The monoisotopic (exact) mass is 296 g/mol. The first kappa shape index (κ1) is 16.3. The summed E-state index contributed by atoms with van der Waals surface area (Å²) in [4.78, 5) is 28.9. The lowest BCUT2D eigenvalue weighted by atomic mass is 9.94. The molecule has 2 heterocycles. The van der Waals surface area contributed by atoms with Crippen LogP contribution in [-0.2, 0) is 9.59 Å². The van der Waals surface area contributed by atoms with Crippen LogP contribution in [0, 0.1) is 11.3 Å². The first-order valence-corrected chi connectivity index (χ1v) is 8.05. The summed E-state index contributed by atoms with van der Waals surface area (Å²) in [5.74, 6) is 0.585. The minimum absolute atomic E-state index is 0.0736. The second-order valence-electron chi connectivity index (χ2n) is 7.36. The molecular formula is C16H28N2O3. The summed E-state index contributed by atoms with van der Waals surface area (Å²) in [5.41, 5.74) is -0.437. The maximum Gasteiger partial charge on any atom is 0.245 e. The lowest BCUT2D eigenvalue weighted by molar-refractivity contribution is -0.148. The summed E-state index contributed by atoms with van der Waals surface area (Å²) in [6, 6.07) is -0.274. The number of carbonyl (C=O) groups is 2. The standard InChI is InChI=1S/C16H28N2O3/c1-16(2,3)15(21)18-8-4-5-13(18)14(20)17-9-6-12(11-17)7-10-19/h12-13,19H,4-11H2,1-3H3. The van der Waals surface area contributed by atoms with Crippen LogP contribution in [0.2, 0.25) is 0 Å². The van der Waals surface area contributed by atoms with Gasteiger partial charge in [0.15, 0.2) is 0 Å². The van der Waals surface area contributed by atoms with Crippen molar-refractivity contribution < 1.29 is 14.7 Å². The van der Waals surface area contributed by atoms with Crippen LogP contribution in [-0.4, -0.2) is 59.0 Å². The predicted molar refractivity (Wildman–Crippen MR) is 80.6 cm³/mol. The lowest BCUT2D eigenvalue weighted by Gasteiger charge is -2.32. The lowest BCUT2D eigenvalue weighted by Crippen LogP contribution is -2.50. The zero-order chi connectivity index (χ0) is 15.6. The van der Waals surface area contributed by atoms with Crippen molar-refractivity contribution in [2.75, 3.05) is 26.2 Å². The maximum atomic E-state index is 12.7. The molecule has 2 aliphatic rings. The van der Waals surface area contributed by atoms with Gasteiger partial charge in [-0.3, -0.25) is 9.59 Å². The number of amides is 2. The highest BCUT2D eigenvalue weighted by molar-refractivity contribution is 5.90. The second kappa shape index (κ2) is 6.34. The van der Waals surface area contributed by atoms with Crippen molar-refractivity contribution in [1.82, 2.24) is 9.80 Å². The van der Waals surface area contributed by atoms with E-state index in [1.54, 1.807) is 4.90 Å². The van der Waals surface area contributed by atoms with E-state index in [2.05, 4.69) is 0 Å². The molecule has 0 bridgehead atoms. The number of likely N-dealkylation sites (tertiary alicyclic amines) is 2. The van der Waals surface area contributed by atoms with E-state index in [4.69, 9.17) is 5.11 Å². The van der Waals surface area contributed by atoms with Gasteiger partial charge >= 0.3 is 0 Å². The van der Waals surface area contributed by atoms with Crippen molar-refractivity contribution in [3.8, 4) is 0 Å². The summed E-state index contributed by atoms with van der Waals surface area (Å²) in [7, 11) is 0. The Balaban J connectivity index is 2.00. The molecule has 2 amide bonds. The van der Waals surface area contributed by atoms with Crippen LogP contribution >= 0.6 is 0 Å². The average Bonchev–Trinajstić information content (AvgIpc) is 3.05. The van der Waals surface area contributed by atoms with E-state index in [0.29, 0.717) is 12.5 Å². The van der Waals surface area contributed by atoms with Gasteiger partial charge < -0.3 is 14.9 Å². The van der Waals surface area contributed by atoms with Gasteiger partial charge in [-0.25, -0.2) is 0 Å². The van der Waals surface area contributed by atoms with E-state index in [0.717, 1.165) is 38.8 Å². The summed E-state index contributed by atoms with van der Waals surface area (Å²) in [5, 5.41) is 9.01. The first-order chi connectivity index (χ1) is 9.84. The van der Waals surface area contributed by atoms with Gasteiger partial charge in [-0.2, -0.15) is 0 Å². The van der Waals surface area contributed by atoms with Gasteiger partial charge in [0.2, 0.25) is 11.8 Å². The Bertz CT molecular complexity index is 403. The fourth-order valence-corrected chi connectivity index (χ4v) is 3.36. The Morgan fingerprint density at radius 1 is 1.19 bits per heavy atom. The molecule has 2 fully saturated rings. The summed E-state index contributed by atoms with van der Waals surface area (Å²) >= 11 is 0. The Labute approximate surface area is 127 Å². The smallest absolute Gasteiger partial charge is 0.245 e. The Kier molecular flexibility index (Phi) is 4.91. The molecule has 120 valence electrons. The molecule has 0 aromatic carbocycles. The number of nitrogens with zero attached hydrogens (tertiary/aromatic N) is 2.